The number of benzene rings is 1. The minimum absolute atomic E-state index is 0.221. The van der Waals surface area contributed by atoms with E-state index in [4.69, 9.17) is 0 Å². The van der Waals surface area contributed by atoms with Gasteiger partial charge in [0, 0.05) is 17.8 Å². The molecule has 7 heteroatoms. The van der Waals surface area contributed by atoms with Crippen LogP contribution in [0.3, 0.4) is 0 Å². The van der Waals surface area contributed by atoms with Crippen LogP contribution in [0.1, 0.15) is 16.2 Å². The van der Waals surface area contributed by atoms with Gasteiger partial charge in [0.05, 0.1) is 30.1 Å². The quantitative estimate of drug-likeness (QED) is 0.599. The van der Waals surface area contributed by atoms with E-state index < -0.39 is 0 Å². The summed E-state index contributed by atoms with van der Waals surface area (Å²) in [6.45, 7) is 0.366. The molecule has 22 heavy (non-hydrogen) atoms. The molecular weight excluding hydrogens is 280 g/mol. The van der Waals surface area contributed by atoms with E-state index in [2.05, 4.69) is 25.5 Å². The molecule has 0 spiro atoms. The van der Waals surface area contributed by atoms with E-state index in [0.717, 1.165) is 22.2 Å². The molecule has 108 valence electrons. The van der Waals surface area contributed by atoms with E-state index >= 15 is 0 Å². The predicted octanol–water partition coefficient (Wildman–Crippen LogP) is 1.54. The van der Waals surface area contributed by atoms with Gasteiger partial charge in [-0.15, -0.1) is 0 Å². The van der Waals surface area contributed by atoms with Gasteiger partial charge in [0.15, 0.2) is 11.3 Å². The summed E-state index contributed by atoms with van der Waals surface area (Å²) >= 11 is 0. The van der Waals surface area contributed by atoms with Crippen molar-refractivity contribution < 1.29 is 4.79 Å². The molecule has 0 aliphatic carbocycles. The van der Waals surface area contributed by atoms with Gasteiger partial charge in [0.25, 0.3) is 5.91 Å². The molecule has 0 aliphatic heterocycles. The minimum Gasteiger partial charge on any atom is -0.345 e. The van der Waals surface area contributed by atoms with Crippen molar-refractivity contribution in [3.8, 4) is 0 Å². The van der Waals surface area contributed by atoms with Crippen LogP contribution >= 0.6 is 0 Å². The van der Waals surface area contributed by atoms with Gasteiger partial charge in [-0.3, -0.25) is 19.3 Å². The maximum atomic E-state index is 12.3. The lowest BCUT2D eigenvalue weighted by Crippen LogP contribution is -2.24. The number of nitrogens with one attached hydrogen (secondary N) is 2. The number of carbonyl (C=O) groups excluding carboxylic acids is 1. The van der Waals surface area contributed by atoms with Crippen LogP contribution < -0.4 is 5.32 Å². The summed E-state index contributed by atoms with van der Waals surface area (Å²) in [6, 6.07) is 7.53. The average molecular weight is 292 g/mol. The summed E-state index contributed by atoms with van der Waals surface area (Å²) in [5, 5.41) is 10.6. The highest BCUT2D eigenvalue weighted by Crippen LogP contribution is 2.15. The molecule has 1 amide bonds. The third-order valence-electron chi connectivity index (χ3n) is 3.51. The molecule has 0 saturated carbocycles. The number of para-hydroxylation sites is 1. The molecule has 0 atom stereocenters. The number of carbonyl (C=O) groups is 1. The number of hydrogen-bond acceptors (Lipinski definition) is 4. The van der Waals surface area contributed by atoms with E-state index in [1.807, 2.05) is 34.9 Å². The highest BCUT2D eigenvalue weighted by molar-refractivity contribution is 6.04. The highest BCUT2D eigenvalue weighted by Gasteiger charge is 2.14. The normalized spacial score (nSPS) is 11.1. The molecule has 0 bridgehead atoms. The van der Waals surface area contributed by atoms with Crippen LogP contribution in [0.2, 0.25) is 0 Å². The van der Waals surface area contributed by atoms with E-state index in [9.17, 15) is 4.79 Å². The average Bonchev–Trinajstić information content (AvgIpc) is 3.17. The summed E-state index contributed by atoms with van der Waals surface area (Å²) in [4.78, 5) is 20.6. The second-order valence-electron chi connectivity index (χ2n) is 4.85. The van der Waals surface area contributed by atoms with Crippen LogP contribution in [0.4, 0.5) is 0 Å². The summed E-state index contributed by atoms with van der Waals surface area (Å²) in [5.74, 6) is -0.221. The van der Waals surface area contributed by atoms with Crippen molar-refractivity contribution in [3.63, 3.8) is 0 Å². The summed E-state index contributed by atoms with van der Waals surface area (Å²) in [7, 11) is 0. The maximum Gasteiger partial charge on any atom is 0.272 e. The lowest BCUT2D eigenvalue weighted by atomic mass is 10.2. The SMILES string of the molecule is O=C(NCc1cnc2cnccn12)c1n[nH]c2ccccc12. The first-order chi connectivity index (χ1) is 10.8. The Balaban J connectivity index is 1.57. The van der Waals surface area contributed by atoms with Crippen molar-refractivity contribution >= 4 is 22.5 Å². The Hall–Kier alpha value is -3.22. The third-order valence-corrected chi connectivity index (χ3v) is 3.51. The molecule has 0 aliphatic rings. The fraction of sp³-hybridized carbons (Fsp3) is 0.0667. The minimum atomic E-state index is -0.221. The zero-order valence-electron chi connectivity index (χ0n) is 11.5. The molecule has 4 aromatic rings. The largest absolute Gasteiger partial charge is 0.345 e. The van der Waals surface area contributed by atoms with Gasteiger partial charge < -0.3 is 5.32 Å². The lowest BCUT2D eigenvalue weighted by Gasteiger charge is -2.03. The molecule has 0 unspecified atom stereocenters. The Morgan fingerprint density at radius 1 is 1.27 bits per heavy atom. The predicted molar refractivity (Wildman–Crippen MR) is 80.3 cm³/mol. The number of hydrogen-bond donors (Lipinski definition) is 2. The number of aromatic amines is 1. The van der Waals surface area contributed by atoms with Crippen molar-refractivity contribution in [2.75, 3.05) is 0 Å². The van der Waals surface area contributed by atoms with Crippen molar-refractivity contribution in [1.29, 1.82) is 0 Å². The smallest absolute Gasteiger partial charge is 0.272 e. The zero-order chi connectivity index (χ0) is 14.9. The van der Waals surface area contributed by atoms with E-state index in [1.54, 1.807) is 18.6 Å². The van der Waals surface area contributed by atoms with Crippen molar-refractivity contribution in [1.82, 2.24) is 29.9 Å². The molecule has 3 aromatic heterocycles. The Bertz CT molecular complexity index is 970. The van der Waals surface area contributed by atoms with Crippen molar-refractivity contribution in [3.05, 3.63) is 60.4 Å². The topological polar surface area (TPSA) is 88.0 Å². The number of nitrogens with zero attached hydrogens (tertiary/aromatic N) is 4. The maximum absolute atomic E-state index is 12.3. The number of imidazole rings is 1. The number of rotatable bonds is 3. The van der Waals surface area contributed by atoms with E-state index in [0.29, 0.717) is 12.2 Å². The Morgan fingerprint density at radius 3 is 3.14 bits per heavy atom. The standard InChI is InChI=1S/C15H12N6O/c22-15(14-11-3-1-2-4-12(11)19-20-14)18-8-10-7-17-13-9-16-5-6-21(10)13/h1-7,9H,8H2,(H,18,22)(H,19,20). The molecule has 0 fully saturated rings. The second-order valence-corrected chi connectivity index (χ2v) is 4.85. The summed E-state index contributed by atoms with van der Waals surface area (Å²) in [6.07, 6.45) is 6.89. The molecule has 0 radical (unpaired) electrons. The van der Waals surface area contributed by atoms with Crippen molar-refractivity contribution in [2.24, 2.45) is 0 Å². The van der Waals surface area contributed by atoms with Crippen LogP contribution in [0.5, 0.6) is 0 Å². The zero-order valence-corrected chi connectivity index (χ0v) is 11.5. The first-order valence-electron chi connectivity index (χ1n) is 6.80. The molecule has 0 saturated heterocycles. The summed E-state index contributed by atoms with van der Waals surface area (Å²) in [5.41, 5.74) is 2.86. The van der Waals surface area contributed by atoms with E-state index in [1.165, 1.54) is 0 Å². The molecular formula is C15H12N6O. The molecule has 3 heterocycles. The van der Waals surface area contributed by atoms with Crippen LogP contribution in [-0.4, -0.2) is 30.5 Å². The summed E-state index contributed by atoms with van der Waals surface area (Å²) < 4.78 is 1.88. The first kappa shape index (κ1) is 12.5. The first-order valence-corrected chi connectivity index (χ1v) is 6.80. The van der Waals surface area contributed by atoms with Crippen molar-refractivity contribution in [2.45, 2.75) is 6.54 Å². The van der Waals surface area contributed by atoms with Gasteiger partial charge >= 0.3 is 0 Å². The van der Waals surface area contributed by atoms with Gasteiger partial charge in [0.1, 0.15) is 0 Å². The molecule has 4 rings (SSSR count). The third kappa shape index (κ3) is 1.99. The molecule has 7 nitrogen and oxygen atoms in total. The Labute approximate surface area is 125 Å². The molecule has 1 aromatic carbocycles. The van der Waals surface area contributed by atoms with Gasteiger partial charge in [-0.25, -0.2) is 4.98 Å². The highest BCUT2D eigenvalue weighted by atomic mass is 16.1. The van der Waals surface area contributed by atoms with E-state index in [-0.39, 0.29) is 5.91 Å². The van der Waals surface area contributed by atoms with Gasteiger partial charge in [0.2, 0.25) is 0 Å². The number of H-pyrrole nitrogens is 1. The monoisotopic (exact) mass is 292 g/mol. The van der Waals surface area contributed by atoms with Crippen LogP contribution in [0.25, 0.3) is 16.6 Å². The Kier molecular flexibility index (Phi) is 2.82. The van der Waals surface area contributed by atoms with Gasteiger partial charge in [-0.2, -0.15) is 5.10 Å². The van der Waals surface area contributed by atoms with Crippen LogP contribution in [-0.2, 0) is 6.54 Å². The van der Waals surface area contributed by atoms with Crippen LogP contribution in [0, 0.1) is 0 Å². The number of aromatic nitrogens is 5. The molecule has 2 N–H and O–H groups in total. The van der Waals surface area contributed by atoms with Crippen LogP contribution in [0.15, 0.2) is 49.1 Å². The number of fused-ring (bicyclic) bond motifs is 2. The Morgan fingerprint density at radius 2 is 2.18 bits per heavy atom. The second kappa shape index (κ2) is 4.96. The fourth-order valence-corrected chi connectivity index (χ4v) is 2.42. The lowest BCUT2D eigenvalue weighted by molar-refractivity contribution is 0.0947. The number of amides is 1. The van der Waals surface area contributed by atoms with Gasteiger partial charge in [-0.05, 0) is 6.07 Å². The fourth-order valence-electron chi connectivity index (χ4n) is 2.42. The van der Waals surface area contributed by atoms with Gasteiger partial charge in [-0.1, -0.05) is 18.2 Å².